The molecule has 0 saturated carbocycles. The molecule has 1 rings (SSSR count). The van der Waals surface area contributed by atoms with Crippen molar-refractivity contribution < 1.29 is 4.39 Å². The first-order valence-electron chi connectivity index (χ1n) is 5.81. The van der Waals surface area contributed by atoms with Gasteiger partial charge in [-0.2, -0.15) is 0 Å². The Labute approximate surface area is 86.9 Å². The summed E-state index contributed by atoms with van der Waals surface area (Å²) in [5, 5.41) is 3.25. The summed E-state index contributed by atoms with van der Waals surface area (Å²) in [6.45, 7) is 7.13. The first kappa shape index (κ1) is 11.9. The molecule has 1 N–H and O–H groups in total. The molecule has 1 saturated heterocycles. The Kier molecular flexibility index (Phi) is 5.41. The minimum absolute atomic E-state index is 0.244. The Balaban J connectivity index is 2.17. The number of halogens is 1. The quantitative estimate of drug-likeness (QED) is 0.731. The fourth-order valence-electron chi connectivity index (χ4n) is 2.06. The standard InChI is InChI=1S/C11H23FN2/c1-3-10(2)14-8-4-11(5-9-14)13-7-6-12/h10-11,13H,3-9H2,1-2H3. The van der Waals surface area contributed by atoms with E-state index >= 15 is 0 Å². The number of rotatable bonds is 5. The highest BCUT2D eigenvalue weighted by Crippen LogP contribution is 2.14. The maximum absolute atomic E-state index is 11.9. The van der Waals surface area contributed by atoms with Crippen LogP contribution in [0.5, 0.6) is 0 Å². The molecule has 0 spiro atoms. The molecule has 2 nitrogen and oxygen atoms in total. The lowest BCUT2D eigenvalue weighted by atomic mass is 10.0. The molecule has 0 aliphatic carbocycles. The van der Waals surface area contributed by atoms with Crippen molar-refractivity contribution in [3.05, 3.63) is 0 Å². The van der Waals surface area contributed by atoms with Crippen LogP contribution in [0, 0.1) is 0 Å². The minimum atomic E-state index is -0.244. The van der Waals surface area contributed by atoms with E-state index in [1.807, 2.05) is 0 Å². The Morgan fingerprint density at radius 1 is 1.43 bits per heavy atom. The fourth-order valence-corrected chi connectivity index (χ4v) is 2.06. The van der Waals surface area contributed by atoms with Crippen LogP contribution in [0.4, 0.5) is 4.39 Å². The molecule has 0 amide bonds. The summed E-state index contributed by atoms with van der Waals surface area (Å²) in [4.78, 5) is 2.54. The molecule has 0 bridgehead atoms. The van der Waals surface area contributed by atoms with Gasteiger partial charge in [0.15, 0.2) is 0 Å². The zero-order chi connectivity index (χ0) is 10.4. The molecule has 84 valence electrons. The van der Waals surface area contributed by atoms with Crippen LogP contribution in [0.25, 0.3) is 0 Å². The Morgan fingerprint density at radius 3 is 2.57 bits per heavy atom. The lowest BCUT2D eigenvalue weighted by Gasteiger charge is -2.36. The van der Waals surface area contributed by atoms with Crippen LogP contribution in [0.2, 0.25) is 0 Å². The van der Waals surface area contributed by atoms with Crippen LogP contribution < -0.4 is 5.32 Å². The maximum atomic E-state index is 11.9. The van der Waals surface area contributed by atoms with E-state index in [1.54, 1.807) is 0 Å². The number of nitrogens with zero attached hydrogens (tertiary/aromatic N) is 1. The van der Waals surface area contributed by atoms with Crippen molar-refractivity contribution in [2.75, 3.05) is 26.3 Å². The summed E-state index contributed by atoms with van der Waals surface area (Å²) in [7, 11) is 0. The number of hydrogen-bond donors (Lipinski definition) is 1. The van der Waals surface area contributed by atoms with Gasteiger partial charge >= 0.3 is 0 Å². The van der Waals surface area contributed by atoms with Gasteiger partial charge in [0.2, 0.25) is 0 Å². The number of alkyl halides is 1. The van der Waals surface area contributed by atoms with Crippen LogP contribution in [0.1, 0.15) is 33.1 Å². The van der Waals surface area contributed by atoms with E-state index in [2.05, 4.69) is 24.1 Å². The first-order chi connectivity index (χ1) is 6.77. The van der Waals surface area contributed by atoms with E-state index in [0.717, 1.165) is 0 Å². The summed E-state index contributed by atoms with van der Waals surface area (Å²) in [6.07, 6.45) is 3.57. The van der Waals surface area contributed by atoms with E-state index in [-0.39, 0.29) is 6.67 Å². The van der Waals surface area contributed by atoms with Gasteiger partial charge in [0.05, 0.1) is 0 Å². The SMILES string of the molecule is CCC(C)N1CCC(NCCF)CC1. The third kappa shape index (κ3) is 3.54. The molecule has 1 atom stereocenters. The smallest absolute Gasteiger partial charge is 0.102 e. The first-order valence-corrected chi connectivity index (χ1v) is 5.81. The van der Waals surface area contributed by atoms with Crippen LogP contribution in [0.3, 0.4) is 0 Å². The summed E-state index contributed by atoms with van der Waals surface area (Å²) < 4.78 is 11.9. The summed E-state index contributed by atoms with van der Waals surface area (Å²) in [5.74, 6) is 0. The molecule has 14 heavy (non-hydrogen) atoms. The van der Waals surface area contributed by atoms with E-state index < -0.39 is 0 Å². The predicted octanol–water partition coefficient (Wildman–Crippen LogP) is 1.81. The lowest BCUT2D eigenvalue weighted by Crippen LogP contribution is -2.46. The fraction of sp³-hybridized carbons (Fsp3) is 1.00. The third-order valence-corrected chi connectivity index (χ3v) is 3.27. The van der Waals surface area contributed by atoms with Gasteiger partial charge < -0.3 is 10.2 Å². The molecule has 1 unspecified atom stereocenters. The highest BCUT2D eigenvalue weighted by atomic mass is 19.1. The van der Waals surface area contributed by atoms with E-state index in [9.17, 15) is 4.39 Å². The van der Waals surface area contributed by atoms with Crippen LogP contribution in [-0.2, 0) is 0 Å². The number of nitrogens with one attached hydrogen (secondary N) is 1. The van der Waals surface area contributed by atoms with Crippen molar-refractivity contribution in [3.8, 4) is 0 Å². The van der Waals surface area contributed by atoms with Crippen molar-refractivity contribution in [3.63, 3.8) is 0 Å². The van der Waals surface area contributed by atoms with E-state index in [1.165, 1.54) is 32.4 Å². The van der Waals surface area contributed by atoms with Gasteiger partial charge in [-0.3, -0.25) is 0 Å². The molecule has 1 aliphatic rings. The topological polar surface area (TPSA) is 15.3 Å². The molecule has 0 aromatic heterocycles. The van der Waals surface area contributed by atoms with E-state index in [0.29, 0.717) is 18.6 Å². The molecule has 0 aromatic rings. The van der Waals surface area contributed by atoms with Crippen molar-refractivity contribution >= 4 is 0 Å². The van der Waals surface area contributed by atoms with Crippen molar-refractivity contribution in [1.29, 1.82) is 0 Å². The number of likely N-dealkylation sites (tertiary alicyclic amines) is 1. The molecule has 0 aromatic carbocycles. The summed E-state index contributed by atoms with van der Waals surface area (Å²) >= 11 is 0. The van der Waals surface area contributed by atoms with Gasteiger partial charge in [0, 0.05) is 18.6 Å². The van der Waals surface area contributed by atoms with Crippen molar-refractivity contribution in [2.24, 2.45) is 0 Å². The summed E-state index contributed by atoms with van der Waals surface area (Å²) in [5.41, 5.74) is 0. The Morgan fingerprint density at radius 2 is 2.07 bits per heavy atom. The largest absolute Gasteiger partial charge is 0.311 e. The average molecular weight is 202 g/mol. The van der Waals surface area contributed by atoms with Gasteiger partial charge in [0.25, 0.3) is 0 Å². The second kappa shape index (κ2) is 6.36. The van der Waals surface area contributed by atoms with Crippen molar-refractivity contribution in [1.82, 2.24) is 10.2 Å². The number of hydrogen-bond acceptors (Lipinski definition) is 2. The van der Waals surface area contributed by atoms with Crippen LogP contribution in [-0.4, -0.2) is 43.3 Å². The zero-order valence-electron chi connectivity index (χ0n) is 9.43. The second-order valence-electron chi connectivity index (χ2n) is 4.21. The number of piperidine rings is 1. The molecule has 1 aliphatic heterocycles. The second-order valence-corrected chi connectivity index (χ2v) is 4.21. The zero-order valence-corrected chi connectivity index (χ0v) is 9.43. The van der Waals surface area contributed by atoms with Crippen molar-refractivity contribution in [2.45, 2.75) is 45.2 Å². The van der Waals surface area contributed by atoms with Gasteiger partial charge in [-0.25, -0.2) is 4.39 Å². The minimum Gasteiger partial charge on any atom is -0.311 e. The van der Waals surface area contributed by atoms with Gasteiger partial charge in [-0.1, -0.05) is 6.92 Å². The molecular weight excluding hydrogens is 179 g/mol. The Bertz CT molecular complexity index is 144. The molecule has 0 radical (unpaired) electrons. The maximum Gasteiger partial charge on any atom is 0.102 e. The van der Waals surface area contributed by atoms with Crippen LogP contribution >= 0.6 is 0 Å². The normalized spacial score (nSPS) is 22.5. The Hall–Kier alpha value is -0.150. The molecule has 3 heteroatoms. The highest BCUT2D eigenvalue weighted by molar-refractivity contribution is 4.79. The van der Waals surface area contributed by atoms with E-state index in [4.69, 9.17) is 0 Å². The lowest BCUT2D eigenvalue weighted by molar-refractivity contribution is 0.148. The third-order valence-electron chi connectivity index (χ3n) is 3.27. The average Bonchev–Trinajstić information content (AvgIpc) is 2.26. The van der Waals surface area contributed by atoms with Gasteiger partial charge in [-0.05, 0) is 39.3 Å². The molecule has 1 fully saturated rings. The predicted molar refractivity (Wildman–Crippen MR) is 58.3 cm³/mol. The molecule has 1 heterocycles. The van der Waals surface area contributed by atoms with Crippen LogP contribution in [0.15, 0.2) is 0 Å². The monoisotopic (exact) mass is 202 g/mol. The highest BCUT2D eigenvalue weighted by Gasteiger charge is 2.20. The molecular formula is C11H23FN2. The van der Waals surface area contributed by atoms with Gasteiger partial charge in [-0.15, -0.1) is 0 Å². The van der Waals surface area contributed by atoms with Gasteiger partial charge in [0.1, 0.15) is 6.67 Å². The summed E-state index contributed by atoms with van der Waals surface area (Å²) in [6, 6.07) is 1.25.